The second kappa shape index (κ2) is 7.56. The number of aryl methyl sites for hydroxylation is 2. The highest BCUT2D eigenvalue weighted by molar-refractivity contribution is 6.00. The lowest BCUT2D eigenvalue weighted by molar-refractivity contribution is -0.147. The molecule has 0 aliphatic carbocycles. The Morgan fingerprint density at radius 1 is 1.23 bits per heavy atom. The first-order valence-corrected chi connectivity index (χ1v) is 8.59. The fourth-order valence-electron chi connectivity index (χ4n) is 3.14. The van der Waals surface area contributed by atoms with Crippen molar-refractivity contribution >= 4 is 17.7 Å². The van der Waals surface area contributed by atoms with E-state index in [1.54, 1.807) is 18.2 Å². The summed E-state index contributed by atoms with van der Waals surface area (Å²) in [6, 6.07) is 8.08. The van der Waals surface area contributed by atoms with Crippen LogP contribution in [0, 0.1) is 13.8 Å². The molecule has 0 saturated carbocycles. The molecule has 2 heterocycles. The highest BCUT2D eigenvalue weighted by Gasteiger charge is 2.36. The third-order valence-corrected chi connectivity index (χ3v) is 4.56. The number of carbonyl (C=O) groups excluding carboxylic acids is 3. The van der Waals surface area contributed by atoms with Crippen LogP contribution in [0.1, 0.15) is 44.9 Å². The molecule has 0 radical (unpaired) electrons. The number of benzene rings is 1. The number of hydrogen-bond acceptors (Lipinski definition) is 5. The molecule has 1 aromatic heterocycles. The Labute approximate surface area is 151 Å². The fourth-order valence-corrected chi connectivity index (χ4v) is 3.14. The number of likely N-dealkylation sites (tertiary alicyclic amines) is 1. The van der Waals surface area contributed by atoms with Crippen LogP contribution < -0.4 is 0 Å². The zero-order chi connectivity index (χ0) is 18.7. The molecule has 2 aromatic rings. The largest absolute Gasteiger partial charge is 0.459 e. The first-order valence-electron chi connectivity index (χ1n) is 8.59. The summed E-state index contributed by atoms with van der Waals surface area (Å²) in [7, 11) is 0. The van der Waals surface area contributed by atoms with Crippen molar-refractivity contribution in [2.24, 2.45) is 0 Å². The summed E-state index contributed by atoms with van der Waals surface area (Å²) in [5, 5.41) is 0. The third-order valence-electron chi connectivity index (χ3n) is 4.56. The van der Waals surface area contributed by atoms with Crippen molar-refractivity contribution < 1.29 is 23.5 Å². The Hall–Kier alpha value is -2.89. The van der Waals surface area contributed by atoms with Gasteiger partial charge in [0.2, 0.25) is 5.78 Å². The molecule has 3 rings (SSSR count). The molecule has 1 aliphatic heterocycles. The van der Waals surface area contributed by atoms with Gasteiger partial charge in [-0.15, -0.1) is 0 Å². The van der Waals surface area contributed by atoms with Gasteiger partial charge in [-0.2, -0.15) is 0 Å². The van der Waals surface area contributed by atoms with Crippen LogP contribution in [-0.2, 0) is 9.53 Å². The molecule has 1 atom stereocenters. The lowest BCUT2D eigenvalue weighted by Gasteiger charge is -2.22. The summed E-state index contributed by atoms with van der Waals surface area (Å²) >= 11 is 0. The zero-order valence-corrected chi connectivity index (χ0v) is 14.9. The maximum atomic E-state index is 12.4. The van der Waals surface area contributed by atoms with Gasteiger partial charge in [-0.05, 0) is 50.5 Å². The van der Waals surface area contributed by atoms with Crippen LogP contribution in [0.3, 0.4) is 0 Å². The molecule has 26 heavy (non-hydrogen) atoms. The summed E-state index contributed by atoms with van der Waals surface area (Å²) in [5.74, 6) is -0.950. The quantitative estimate of drug-likeness (QED) is 0.609. The van der Waals surface area contributed by atoms with Gasteiger partial charge < -0.3 is 14.1 Å². The molecule has 136 valence electrons. The van der Waals surface area contributed by atoms with E-state index in [0.717, 1.165) is 11.1 Å². The number of ether oxygens (including phenoxy) is 1. The molecule has 1 aromatic carbocycles. The smallest absolute Gasteiger partial charge is 0.329 e. The van der Waals surface area contributed by atoms with E-state index in [1.165, 1.54) is 11.2 Å². The van der Waals surface area contributed by atoms with Crippen molar-refractivity contribution in [2.45, 2.75) is 32.7 Å². The molecular weight excluding hydrogens is 334 g/mol. The molecule has 1 fully saturated rings. The number of nitrogens with zero attached hydrogens (tertiary/aromatic N) is 1. The third kappa shape index (κ3) is 3.69. The van der Waals surface area contributed by atoms with Gasteiger partial charge in [0.05, 0.1) is 6.26 Å². The van der Waals surface area contributed by atoms with Crippen LogP contribution >= 0.6 is 0 Å². The van der Waals surface area contributed by atoms with Crippen molar-refractivity contribution in [3.8, 4) is 0 Å². The van der Waals surface area contributed by atoms with Gasteiger partial charge in [0, 0.05) is 12.1 Å². The number of Topliss-reactive ketones (excluding diaryl/α,β-unsaturated/α-hetero) is 1. The molecule has 0 bridgehead atoms. The van der Waals surface area contributed by atoms with Crippen LogP contribution in [0.25, 0.3) is 0 Å². The number of hydrogen-bond donors (Lipinski definition) is 0. The highest BCUT2D eigenvalue weighted by atomic mass is 16.5. The number of ketones is 1. The lowest BCUT2D eigenvalue weighted by atomic mass is 10.0. The maximum Gasteiger partial charge on any atom is 0.329 e. The van der Waals surface area contributed by atoms with E-state index in [0.29, 0.717) is 24.9 Å². The van der Waals surface area contributed by atoms with Gasteiger partial charge in [0.25, 0.3) is 5.91 Å². The Kier molecular flexibility index (Phi) is 5.21. The minimum atomic E-state index is -0.681. The predicted octanol–water partition coefficient (Wildman–Crippen LogP) is 2.93. The Morgan fingerprint density at radius 3 is 2.77 bits per heavy atom. The first kappa shape index (κ1) is 17.9. The Bertz CT molecular complexity index is 825. The van der Waals surface area contributed by atoms with Gasteiger partial charge >= 0.3 is 5.97 Å². The highest BCUT2D eigenvalue weighted by Crippen LogP contribution is 2.22. The van der Waals surface area contributed by atoms with Gasteiger partial charge in [-0.3, -0.25) is 9.59 Å². The SMILES string of the molecule is Cc1ccc(C)c(C(=O)COC(=O)C2CCCN2C(=O)c2ccco2)c1. The second-order valence-electron chi connectivity index (χ2n) is 6.48. The summed E-state index contributed by atoms with van der Waals surface area (Å²) in [5.41, 5.74) is 2.36. The van der Waals surface area contributed by atoms with Crippen molar-refractivity contribution in [3.63, 3.8) is 0 Å². The lowest BCUT2D eigenvalue weighted by Crippen LogP contribution is -2.41. The first-order chi connectivity index (χ1) is 12.5. The average Bonchev–Trinajstić information content (AvgIpc) is 3.32. The molecule has 1 aliphatic rings. The van der Waals surface area contributed by atoms with Gasteiger partial charge in [0.1, 0.15) is 6.04 Å². The number of esters is 1. The van der Waals surface area contributed by atoms with Crippen LogP contribution in [0.15, 0.2) is 41.0 Å². The summed E-state index contributed by atoms with van der Waals surface area (Å²) in [4.78, 5) is 38.7. The standard InChI is InChI=1S/C20H21NO5/c1-13-7-8-14(2)15(11-13)17(22)12-26-20(24)16-5-3-9-21(16)19(23)18-6-4-10-25-18/h4,6-8,10-11,16H,3,5,9,12H2,1-2H3. The fraction of sp³-hybridized carbons (Fsp3) is 0.350. The Balaban J connectivity index is 1.63. The minimum absolute atomic E-state index is 0.191. The van der Waals surface area contributed by atoms with E-state index in [2.05, 4.69) is 0 Å². The maximum absolute atomic E-state index is 12.4. The number of amides is 1. The number of carbonyl (C=O) groups is 3. The van der Waals surface area contributed by atoms with E-state index in [-0.39, 0.29) is 24.1 Å². The number of furan rings is 1. The molecular formula is C20H21NO5. The molecule has 6 heteroatoms. The van der Waals surface area contributed by atoms with Gasteiger partial charge in [-0.25, -0.2) is 4.79 Å². The second-order valence-corrected chi connectivity index (χ2v) is 6.48. The molecule has 1 amide bonds. The van der Waals surface area contributed by atoms with Crippen molar-refractivity contribution in [2.75, 3.05) is 13.2 Å². The molecule has 1 unspecified atom stereocenters. The zero-order valence-electron chi connectivity index (χ0n) is 14.9. The average molecular weight is 355 g/mol. The summed E-state index contributed by atoms with van der Waals surface area (Å²) < 4.78 is 10.3. The van der Waals surface area contributed by atoms with E-state index in [4.69, 9.17) is 9.15 Å². The molecule has 0 spiro atoms. The summed E-state index contributed by atoms with van der Waals surface area (Å²) in [6.45, 7) is 3.88. The van der Waals surface area contributed by atoms with Crippen molar-refractivity contribution in [3.05, 3.63) is 59.0 Å². The van der Waals surface area contributed by atoms with Crippen LogP contribution in [0.5, 0.6) is 0 Å². The van der Waals surface area contributed by atoms with Crippen LogP contribution in [0.2, 0.25) is 0 Å². The monoisotopic (exact) mass is 355 g/mol. The molecule has 6 nitrogen and oxygen atoms in total. The molecule has 0 N–H and O–H groups in total. The normalized spacial score (nSPS) is 16.5. The van der Waals surface area contributed by atoms with E-state index < -0.39 is 12.0 Å². The predicted molar refractivity (Wildman–Crippen MR) is 94.0 cm³/mol. The van der Waals surface area contributed by atoms with Crippen molar-refractivity contribution in [1.29, 1.82) is 0 Å². The topological polar surface area (TPSA) is 76.8 Å². The van der Waals surface area contributed by atoms with E-state index in [1.807, 2.05) is 26.0 Å². The van der Waals surface area contributed by atoms with Crippen LogP contribution in [0.4, 0.5) is 0 Å². The number of rotatable bonds is 5. The van der Waals surface area contributed by atoms with E-state index >= 15 is 0 Å². The van der Waals surface area contributed by atoms with Gasteiger partial charge in [0.15, 0.2) is 12.4 Å². The van der Waals surface area contributed by atoms with Gasteiger partial charge in [-0.1, -0.05) is 17.7 Å². The molecule has 1 saturated heterocycles. The summed E-state index contributed by atoms with van der Waals surface area (Å²) in [6.07, 6.45) is 2.64. The minimum Gasteiger partial charge on any atom is -0.459 e. The Morgan fingerprint density at radius 2 is 2.04 bits per heavy atom. The van der Waals surface area contributed by atoms with E-state index in [9.17, 15) is 14.4 Å². The van der Waals surface area contributed by atoms with Crippen LogP contribution in [-0.4, -0.2) is 41.8 Å². The van der Waals surface area contributed by atoms with Crippen molar-refractivity contribution in [1.82, 2.24) is 4.90 Å².